The summed E-state index contributed by atoms with van der Waals surface area (Å²) in [7, 11) is 0. The molecule has 1 saturated heterocycles. The number of anilines is 1. The lowest BCUT2D eigenvalue weighted by atomic mass is 10.2. The first-order valence-corrected chi connectivity index (χ1v) is 8.32. The van der Waals surface area contributed by atoms with Gasteiger partial charge in [0.05, 0.1) is 0 Å². The third kappa shape index (κ3) is 3.81. The molecule has 0 saturated carbocycles. The second-order valence-electron chi connectivity index (χ2n) is 5.79. The first kappa shape index (κ1) is 15.4. The van der Waals surface area contributed by atoms with Crippen LogP contribution in [-0.2, 0) is 0 Å². The van der Waals surface area contributed by atoms with E-state index in [1.807, 2.05) is 18.2 Å². The van der Waals surface area contributed by atoms with E-state index in [1.165, 1.54) is 25.9 Å². The minimum atomic E-state index is 0.502. The fourth-order valence-corrected chi connectivity index (χ4v) is 3.05. The number of thiocarbonyl (C=S) groups is 1. The standard InChI is InChI=1S/C16H23N3O2S/c1-12(19-6-2-3-7-19)11-17-16(22)18-13-4-5-14-15(10-13)21-9-8-20-14/h4-5,10,12H,2-3,6-9,11H2,1H3,(H2,17,18,22)/t12-/m0/s1. The SMILES string of the molecule is C[C@@H](CNC(=S)Nc1ccc2c(c1)OCCO2)N1CCCC1. The Kier molecular flexibility index (Phi) is 5.00. The molecule has 2 aliphatic rings. The number of rotatable bonds is 4. The molecule has 5 nitrogen and oxygen atoms in total. The number of hydrogen-bond acceptors (Lipinski definition) is 4. The van der Waals surface area contributed by atoms with Gasteiger partial charge in [-0.3, -0.25) is 4.90 Å². The van der Waals surface area contributed by atoms with Crippen LogP contribution in [0.3, 0.4) is 0 Å². The summed E-state index contributed by atoms with van der Waals surface area (Å²) in [5, 5.41) is 7.14. The third-order valence-corrected chi connectivity index (χ3v) is 4.37. The summed E-state index contributed by atoms with van der Waals surface area (Å²) in [4.78, 5) is 2.50. The number of nitrogens with zero attached hydrogens (tertiary/aromatic N) is 1. The van der Waals surface area contributed by atoms with Crippen molar-refractivity contribution in [1.29, 1.82) is 0 Å². The molecule has 0 bridgehead atoms. The first-order valence-electron chi connectivity index (χ1n) is 7.91. The van der Waals surface area contributed by atoms with Crippen molar-refractivity contribution in [2.45, 2.75) is 25.8 Å². The summed E-state index contributed by atoms with van der Waals surface area (Å²) in [5.41, 5.74) is 0.913. The van der Waals surface area contributed by atoms with Crippen LogP contribution >= 0.6 is 12.2 Å². The number of nitrogens with one attached hydrogen (secondary N) is 2. The predicted molar refractivity (Wildman–Crippen MR) is 91.9 cm³/mol. The second-order valence-corrected chi connectivity index (χ2v) is 6.19. The van der Waals surface area contributed by atoms with Crippen molar-refractivity contribution in [3.8, 4) is 11.5 Å². The quantitative estimate of drug-likeness (QED) is 0.829. The maximum atomic E-state index is 5.58. The minimum absolute atomic E-state index is 0.502. The van der Waals surface area contributed by atoms with E-state index < -0.39 is 0 Å². The van der Waals surface area contributed by atoms with Gasteiger partial charge in [0.15, 0.2) is 16.6 Å². The van der Waals surface area contributed by atoms with Crippen molar-refractivity contribution in [2.24, 2.45) is 0 Å². The van der Waals surface area contributed by atoms with Crippen LogP contribution in [0.4, 0.5) is 5.69 Å². The summed E-state index contributed by atoms with van der Waals surface area (Å²) in [6, 6.07) is 6.28. The molecule has 1 aromatic carbocycles. The Bertz CT molecular complexity index is 532. The zero-order chi connectivity index (χ0) is 15.4. The third-order valence-electron chi connectivity index (χ3n) is 4.12. The van der Waals surface area contributed by atoms with Crippen LogP contribution in [-0.4, -0.2) is 48.9 Å². The van der Waals surface area contributed by atoms with E-state index in [0.29, 0.717) is 24.4 Å². The first-order chi connectivity index (χ1) is 10.7. The summed E-state index contributed by atoms with van der Waals surface area (Å²) in [5.74, 6) is 1.56. The molecule has 2 N–H and O–H groups in total. The molecule has 0 aromatic heterocycles. The molecule has 3 rings (SSSR count). The molecular weight excluding hydrogens is 298 g/mol. The molecular formula is C16H23N3O2S. The zero-order valence-electron chi connectivity index (χ0n) is 12.9. The van der Waals surface area contributed by atoms with E-state index in [-0.39, 0.29) is 0 Å². The Hall–Kier alpha value is -1.53. The lowest BCUT2D eigenvalue weighted by Gasteiger charge is -2.24. The largest absolute Gasteiger partial charge is 0.486 e. The van der Waals surface area contributed by atoms with Crippen molar-refractivity contribution in [3.05, 3.63) is 18.2 Å². The van der Waals surface area contributed by atoms with Crippen molar-refractivity contribution in [2.75, 3.05) is 38.2 Å². The van der Waals surface area contributed by atoms with E-state index in [4.69, 9.17) is 21.7 Å². The van der Waals surface area contributed by atoms with Crippen molar-refractivity contribution < 1.29 is 9.47 Å². The Morgan fingerprint density at radius 3 is 2.73 bits per heavy atom. The molecule has 22 heavy (non-hydrogen) atoms. The molecule has 2 aliphatic heterocycles. The van der Waals surface area contributed by atoms with Gasteiger partial charge in [0.2, 0.25) is 0 Å². The van der Waals surface area contributed by atoms with Gasteiger partial charge in [-0.05, 0) is 57.2 Å². The normalized spacial score (nSPS) is 18.8. The van der Waals surface area contributed by atoms with E-state index in [0.717, 1.165) is 23.7 Å². The van der Waals surface area contributed by atoms with Gasteiger partial charge in [-0.25, -0.2) is 0 Å². The van der Waals surface area contributed by atoms with Crippen LogP contribution in [0, 0.1) is 0 Å². The number of benzene rings is 1. The Morgan fingerprint density at radius 1 is 1.23 bits per heavy atom. The summed E-state index contributed by atoms with van der Waals surface area (Å²) < 4.78 is 11.1. The predicted octanol–water partition coefficient (Wildman–Crippen LogP) is 2.23. The Balaban J connectivity index is 1.49. The number of fused-ring (bicyclic) bond motifs is 1. The molecule has 6 heteroatoms. The molecule has 0 aliphatic carbocycles. The van der Waals surface area contributed by atoms with E-state index in [2.05, 4.69) is 22.5 Å². The lowest BCUT2D eigenvalue weighted by molar-refractivity contribution is 0.171. The molecule has 0 spiro atoms. The van der Waals surface area contributed by atoms with Gasteiger partial charge in [0.25, 0.3) is 0 Å². The molecule has 0 radical (unpaired) electrons. The van der Waals surface area contributed by atoms with E-state index in [1.54, 1.807) is 0 Å². The summed E-state index contributed by atoms with van der Waals surface area (Å²) >= 11 is 5.37. The lowest BCUT2D eigenvalue weighted by Crippen LogP contribution is -2.42. The molecule has 0 unspecified atom stereocenters. The molecule has 2 heterocycles. The van der Waals surface area contributed by atoms with Crippen LogP contribution in [0.25, 0.3) is 0 Å². The van der Waals surface area contributed by atoms with Crippen LogP contribution in [0.1, 0.15) is 19.8 Å². The minimum Gasteiger partial charge on any atom is -0.486 e. The highest BCUT2D eigenvalue weighted by molar-refractivity contribution is 7.80. The maximum absolute atomic E-state index is 5.58. The summed E-state index contributed by atoms with van der Waals surface area (Å²) in [6.07, 6.45) is 2.62. The molecule has 1 atom stereocenters. The van der Waals surface area contributed by atoms with Gasteiger partial charge in [0.1, 0.15) is 13.2 Å². The van der Waals surface area contributed by atoms with E-state index >= 15 is 0 Å². The fourth-order valence-electron chi connectivity index (χ4n) is 2.85. The van der Waals surface area contributed by atoms with Crippen LogP contribution in [0.2, 0.25) is 0 Å². The smallest absolute Gasteiger partial charge is 0.170 e. The van der Waals surface area contributed by atoms with Gasteiger partial charge in [-0.15, -0.1) is 0 Å². The van der Waals surface area contributed by atoms with Crippen LogP contribution in [0.15, 0.2) is 18.2 Å². The van der Waals surface area contributed by atoms with Gasteiger partial charge < -0.3 is 20.1 Å². The Morgan fingerprint density at radius 2 is 1.95 bits per heavy atom. The van der Waals surface area contributed by atoms with Crippen LogP contribution in [0.5, 0.6) is 11.5 Å². The maximum Gasteiger partial charge on any atom is 0.170 e. The summed E-state index contributed by atoms with van der Waals surface area (Å²) in [6.45, 7) is 6.69. The highest BCUT2D eigenvalue weighted by Crippen LogP contribution is 2.32. The topological polar surface area (TPSA) is 45.8 Å². The van der Waals surface area contributed by atoms with Gasteiger partial charge in [-0.1, -0.05) is 0 Å². The highest BCUT2D eigenvalue weighted by atomic mass is 32.1. The monoisotopic (exact) mass is 321 g/mol. The van der Waals surface area contributed by atoms with Gasteiger partial charge in [0, 0.05) is 24.3 Å². The molecule has 120 valence electrons. The zero-order valence-corrected chi connectivity index (χ0v) is 13.7. The fraction of sp³-hybridized carbons (Fsp3) is 0.562. The number of ether oxygens (including phenoxy) is 2. The van der Waals surface area contributed by atoms with Crippen molar-refractivity contribution in [1.82, 2.24) is 10.2 Å². The molecule has 1 fully saturated rings. The van der Waals surface area contributed by atoms with Crippen molar-refractivity contribution >= 4 is 23.0 Å². The van der Waals surface area contributed by atoms with E-state index in [9.17, 15) is 0 Å². The number of likely N-dealkylation sites (tertiary alicyclic amines) is 1. The second kappa shape index (κ2) is 7.15. The molecule has 1 aromatic rings. The van der Waals surface area contributed by atoms with Crippen LogP contribution < -0.4 is 20.1 Å². The Labute approximate surface area is 137 Å². The average molecular weight is 321 g/mol. The highest BCUT2D eigenvalue weighted by Gasteiger charge is 2.18. The van der Waals surface area contributed by atoms with Gasteiger partial charge in [-0.2, -0.15) is 0 Å². The average Bonchev–Trinajstić information content (AvgIpc) is 3.07. The van der Waals surface area contributed by atoms with Gasteiger partial charge >= 0.3 is 0 Å². The van der Waals surface area contributed by atoms with Crippen molar-refractivity contribution in [3.63, 3.8) is 0 Å². The molecule has 0 amide bonds. The number of hydrogen-bond donors (Lipinski definition) is 2.